The maximum absolute atomic E-state index is 12.4. The number of hydrogen-bond acceptors (Lipinski definition) is 5. The number of carbonyl (C=O) groups excluding carboxylic acids is 1. The predicted molar refractivity (Wildman–Crippen MR) is 112 cm³/mol. The highest BCUT2D eigenvalue weighted by Gasteiger charge is 2.31. The molecule has 0 saturated heterocycles. The van der Waals surface area contributed by atoms with E-state index in [1.165, 1.54) is 12.1 Å². The van der Waals surface area contributed by atoms with Crippen LogP contribution < -0.4 is 15.8 Å². The molecule has 2 aromatic carbocycles. The molecule has 1 fully saturated rings. The standard InChI is InChI=1S/C20H24N2O4S.ClH/c1-27(24,25)18-6-3-5-17(12-18)26-16-10-8-15(9-11-16)22-20(23)19-7-2-4-14(19)13-21;/h3,5-6,8-12,14,19H,2,4,7,13,21H2,1H3,(H,22,23);1H/t14-,19-;/m1./s1. The molecular formula is C20H25ClN2O4S. The summed E-state index contributed by atoms with van der Waals surface area (Å²) in [5, 5.41) is 2.94. The van der Waals surface area contributed by atoms with Gasteiger partial charge in [-0.25, -0.2) is 8.42 Å². The zero-order valence-electron chi connectivity index (χ0n) is 15.6. The molecule has 0 unspecified atom stereocenters. The number of halogens is 1. The Kier molecular flexibility index (Phi) is 7.46. The van der Waals surface area contributed by atoms with Crippen LogP contribution in [0.15, 0.2) is 53.4 Å². The number of amides is 1. The lowest BCUT2D eigenvalue weighted by Gasteiger charge is -2.17. The van der Waals surface area contributed by atoms with Crippen LogP contribution in [-0.4, -0.2) is 27.1 Å². The van der Waals surface area contributed by atoms with Crippen LogP contribution in [0.1, 0.15) is 19.3 Å². The first kappa shape index (κ1) is 22.2. The molecule has 1 amide bonds. The van der Waals surface area contributed by atoms with Gasteiger partial charge in [-0.05, 0) is 67.8 Å². The normalized spacial score (nSPS) is 18.9. The van der Waals surface area contributed by atoms with Crippen LogP contribution in [-0.2, 0) is 14.6 Å². The van der Waals surface area contributed by atoms with Crippen LogP contribution in [0.5, 0.6) is 11.5 Å². The van der Waals surface area contributed by atoms with Gasteiger partial charge in [-0.3, -0.25) is 4.79 Å². The van der Waals surface area contributed by atoms with Crippen molar-refractivity contribution in [3.8, 4) is 11.5 Å². The van der Waals surface area contributed by atoms with Gasteiger partial charge in [0.15, 0.2) is 9.84 Å². The summed E-state index contributed by atoms with van der Waals surface area (Å²) in [5.74, 6) is 1.24. The first-order valence-electron chi connectivity index (χ1n) is 8.96. The molecule has 0 aliphatic heterocycles. The van der Waals surface area contributed by atoms with Crippen molar-refractivity contribution >= 4 is 33.8 Å². The van der Waals surface area contributed by atoms with Gasteiger partial charge in [-0.1, -0.05) is 12.5 Å². The third kappa shape index (κ3) is 5.47. The minimum Gasteiger partial charge on any atom is -0.457 e. The predicted octanol–water partition coefficient (Wildman–Crippen LogP) is 3.62. The summed E-state index contributed by atoms with van der Waals surface area (Å²) in [7, 11) is -3.29. The van der Waals surface area contributed by atoms with E-state index in [9.17, 15) is 13.2 Å². The van der Waals surface area contributed by atoms with Crippen molar-refractivity contribution in [3.63, 3.8) is 0 Å². The molecule has 3 rings (SSSR count). The molecule has 6 nitrogen and oxygen atoms in total. The van der Waals surface area contributed by atoms with E-state index in [1.807, 2.05) is 0 Å². The van der Waals surface area contributed by atoms with Crippen LogP contribution >= 0.6 is 12.4 Å². The molecule has 3 N–H and O–H groups in total. The average molecular weight is 425 g/mol. The Bertz CT molecular complexity index is 916. The Morgan fingerprint density at radius 2 is 1.86 bits per heavy atom. The summed E-state index contributed by atoms with van der Waals surface area (Å²) in [6.45, 7) is 0.539. The number of sulfone groups is 1. The maximum Gasteiger partial charge on any atom is 0.227 e. The van der Waals surface area contributed by atoms with Crippen molar-refractivity contribution in [2.45, 2.75) is 24.2 Å². The smallest absolute Gasteiger partial charge is 0.227 e. The summed E-state index contributed by atoms with van der Waals surface area (Å²) >= 11 is 0. The molecule has 0 aromatic heterocycles. The zero-order valence-corrected chi connectivity index (χ0v) is 17.3. The van der Waals surface area contributed by atoms with E-state index in [4.69, 9.17) is 10.5 Å². The van der Waals surface area contributed by atoms with Crippen molar-refractivity contribution in [3.05, 3.63) is 48.5 Å². The van der Waals surface area contributed by atoms with Gasteiger partial charge in [0.05, 0.1) is 4.90 Å². The van der Waals surface area contributed by atoms with Gasteiger partial charge >= 0.3 is 0 Å². The van der Waals surface area contributed by atoms with E-state index in [1.54, 1.807) is 36.4 Å². The number of rotatable bonds is 6. The number of carbonyl (C=O) groups is 1. The third-order valence-corrected chi connectivity index (χ3v) is 6.00. The van der Waals surface area contributed by atoms with Gasteiger partial charge in [-0.15, -0.1) is 12.4 Å². The quantitative estimate of drug-likeness (QED) is 0.737. The molecule has 8 heteroatoms. The van der Waals surface area contributed by atoms with Crippen LogP contribution in [0, 0.1) is 11.8 Å². The van der Waals surface area contributed by atoms with Gasteiger partial charge < -0.3 is 15.8 Å². The summed E-state index contributed by atoms with van der Waals surface area (Å²) in [6, 6.07) is 13.3. The Hall–Kier alpha value is -2.09. The fraction of sp³-hybridized carbons (Fsp3) is 0.350. The van der Waals surface area contributed by atoms with Gasteiger partial charge in [-0.2, -0.15) is 0 Å². The van der Waals surface area contributed by atoms with Gasteiger partial charge in [0.25, 0.3) is 0 Å². The van der Waals surface area contributed by atoms with Crippen molar-refractivity contribution in [1.29, 1.82) is 0 Å². The van der Waals surface area contributed by atoms with Gasteiger partial charge in [0.1, 0.15) is 11.5 Å². The second-order valence-electron chi connectivity index (χ2n) is 6.90. The SMILES string of the molecule is CS(=O)(=O)c1cccc(Oc2ccc(NC(=O)[C@@H]3CCC[C@@H]3CN)cc2)c1.Cl. The molecule has 2 aromatic rings. The Labute approximate surface area is 171 Å². The molecule has 0 bridgehead atoms. The number of nitrogens with two attached hydrogens (primary N) is 1. The van der Waals surface area contributed by atoms with E-state index in [0.717, 1.165) is 25.5 Å². The molecule has 0 spiro atoms. The molecule has 1 aliphatic rings. The minimum absolute atomic E-state index is 0. The molecule has 28 heavy (non-hydrogen) atoms. The van der Waals surface area contributed by atoms with Crippen LogP contribution in [0.25, 0.3) is 0 Å². The molecule has 0 heterocycles. The number of nitrogens with one attached hydrogen (secondary N) is 1. The third-order valence-electron chi connectivity index (χ3n) is 4.89. The van der Waals surface area contributed by atoms with Crippen LogP contribution in [0.3, 0.4) is 0 Å². The summed E-state index contributed by atoms with van der Waals surface area (Å²) < 4.78 is 29.0. The first-order chi connectivity index (χ1) is 12.9. The van der Waals surface area contributed by atoms with Crippen LogP contribution in [0.2, 0.25) is 0 Å². The second kappa shape index (κ2) is 9.41. The lowest BCUT2D eigenvalue weighted by molar-refractivity contribution is -0.120. The van der Waals surface area contributed by atoms with Crippen molar-refractivity contribution in [2.24, 2.45) is 17.6 Å². The highest BCUT2D eigenvalue weighted by atomic mass is 35.5. The lowest BCUT2D eigenvalue weighted by atomic mass is 9.95. The summed E-state index contributed by atoms with van der Waals surface area (Å²) in [4.78, 5) is 12.6. The van der Waals surface area contributed by atoms with Crippen molar-refractivity contribution < 1.29 is 17.9 Å². The topological polar surface area (TPSA) is 98.5 Å². The molecule has 2 atom stereocenters. The van der Waals surface area contributed by atoms with E-state index < -0.39 is 9.84 Å². The van der Waals surface area contributed by atoms with E-state index in [0.29, 0.717) is 23.7 Å². The first-order valence-corrected chi connectivity index (χ1v) is 10.8. The van der Waals surface area contributed by atoms with Gasteiger partial charge in [0, 0.05) is 17.9 Å². The molecule has 1 aliphatic carbocycles. The highest BCUT2D eigenvalue weighted by molar-refractivity contribution is 7.90. The van der Waals surface area contributed by atoms with E-state index in [-0.39, 0.29) is 35.0 Å². The molecule has 152 valence electrons. The van der Waals surface area contributed by atoms with Crippen LogP contribution in [0.4, 0.5) is 5.69 Å². The summed E-state index contributed by atoms with van der Waals surface area (Å²) in [6.07, 6.45) is 4.09. The minimum atomic E-state index is -3.29. The van der Waals surface area contributed by atoms with Crippen molar-refractivity contribution in [2.75, 3.05) is 18.1 Å². The molecule has 1 saturated carbocycles. The maximum atomic E-state index is 12.4. The Balaban J connectivity index is 0.00000280. The number of anilines is 1. The Morgan fingerprint density at radius 3 is 2.50 bits per heavy atom. The number of hydrogen-bond donors (Lipinski definition) is 2. The number of ether oxygens (including phenoxy) is 1. The molecule has 0 radical (unpaired) electrons. The van der Waals surface area contributed by atoms with Crippen molar-refractivity contribution in [1.82, 2.24) is 0 Å². The lowest BCUT2D eigenvalue weighted by Crippen LogP contribution is -2.29. The molecular weight excluding hydrogens is 400 g/mol. The fourth-order valence-electron chi connectivity index (χ4n) is 3.41. The number of benzene rings is 2. The average Bonchev–Trinajstić information content (AvgIpc) is 3.12. The largest absolute Gasteiger partial charge is 0.457 e. The van der Waals surface area contributed by atoms with E-state index in [2.05, 4.69) is 5.32 Å². The Morgan fingerprint density at radius 1 is 1.14 bits per heavy atom. The van der Waals surface area contributed by atoms with E-state index >= 15 is 0 Å². The monoisotopic (exact) mass is 424 g/mol. The fourth-order valence-corrected chi connectivity index (χ4v) is 4.07. The van der Waals surface area contributed by atoms with Gasteiger partial charge in [0.2, 0.25) is 5.91 Å². The summed E-state index contributed by atoms with van der Waals surface area (Å²) in [5.41, 5.74) is 6.45. The zero-order chi connectivity index (χ0) is 19.4. The second-order valence-corrected chi connectivity index (χ2v) is 8.91. The highest BCUT2D eigenvalue weighted by Crippen LogP contribution is 2.32.